The minimum atomic E-state index is 0.381. The highest BCUT2D eigenvalue weighted by Gasteiger charge is 2.38. The van der Waals surface area contributed by atoms with Crippen LogP contribution < -0.4 is 9.58 Å². The Morgan fingerprint density at radius 1 is 0.742 bits per heavy atom. The lowest BCUT2D eigenvalue weighted by Gasteiger charge is -2.28. The molecule has 2 atom stereocenters. The lowest BCUT2D eigenvalue weighted by molar-refractivity contribution is -0.691. The van der Waals surface area contributed by atoms with Gasteiger partial charge in [-0.05, 0) is 36.1 Å². The molecule has 0 unspecified atom stereocenters. The summed E-state index contributed by atoms with van der Waals surface area (Å²) in [6.45, 7) is 0.992. The summed E-state index contributed by atoms with van der Waals surface area (Å²) < 4.78 is 4.62. The first-order valence-electron chi connectivity index (χ1n) is 11.0. The summed E-state index contributed by atoms with van der Waals surface area (Å²) in [5.41, 5.74) is 2.78. The Balaban J connectivity index is 1.37. The second kappa shape index (κ2) is 9.44. The van der Waals surface area contributed by atoms with Gasteiger partial charge in [0.25, 0.3) is 6.33 Å². The van der Waals surface area contributed by atoms with Gasteiger partial charge in [-0.25, -0.2) is 9.58 Å². The zero-order valence-electron chi connectivity index (χ0n) is 17.6. The number of aromatic nitrogens is 2. The van der Waals surface area contributed by atoms with Gasteiger partial charge in [-0.1, -0.05) is 78.9 Å². The predicted molar refractivity (Wildman–Crippen MR) is 128 cm³/mol. The van der Waals surface area contributed by atoms with E-state index in [0.29, 0.717) is 12.1 Å². The smallest absolute Gasteiger partial charge is 0.234 e. The van der Waals surface area contributed by atoms with Crippen molar-refractivity contribution in [3.63, 3.8) is 0 Å². The summed E-state index contributed by atoms with van der Waals surface area (Å²) in [5.74, 6) is 1.06. The fourth-order valence-electron chi connectivity index (χ4n) is 4.55. The summed E-state index contributed by atoms with van der Waals surface area (Å²) in [7, 11) is 0. The van der Waals surface area contributed by atoms with E-state index in [1.807, 2.05) is 11.8 Å². The van der Waals surface area contributed by atoms with Crippen LogP contribution in [-0.4, -0.2) is 10.4 Å². The molecule has 31 heavy (non-hydrogen) atoms. The fraction of sp³-hybridized carbons (Fsp3) is 0.222. The molecular weight excluding hydrogens is 398 g/mol. The Morgan fingerprint density at radius 2 is 1.29 bits per heavy atom. The van der Waals surface area contributed by atoms with Crippen LogP contribution in [0.5, 0.6) is 0 Å². The van der Waals surface area contributed by atoms with Gasteiger partial charge in [0.15, 0.2) is 6.20 Å². The maximum atomic E-state index is 2.56. The quantitative estimate of drug-likeness (QED) is 0.274. The van der Waals surface area contributed by atoms with Crippen molar-refractivity contribution in [2.75, 3.05) is 10.8 Å². The summed E-state index contributed by atoms with van der Waals surface area (Å²) in [5, 5.41) is 2.56. The highest BCUT2D eigenvalue weighted by atomic mass is 32.2. The Labute approximate surface area is 188 Å². The minimum Gasteiger partial charge on any atom is -0.234 e. The van der Waals surface area contributed by atoms with Gasteiger partial charge in [0, 0.05) is 10.6 Å². The molecule has 156 valence electrons. The van der Waals surface area contributed by atoms with E-state index in [4.69, 9.17) is 0 Å². The lowest BCUT2D eigenvalue weighted by atomic mass is 10.0. The number of nitrogens with zero attached hydrogens (tertiary/aromatic N) is 3. The van der Waals surface area contributed by atoms with Crippen molar-refractivity contribution in [3.05, 3.63) is 121 Å². The molecule has 0 N–H and O–H groups in total. The average molecular weight is 427 g/mol. The number of imidazole rings is 1. The predicted octanol–water partition coefficient (Wildman–Crippen LogP) is 5.78. The molecule has 1 fully saturated rings. The van der Waals surface area contributed by atoms with Crippen molar-refractivity contribution >= 4 is 11.8 Å². The van der Waals surface area contributed by atoms with Gasteiger partial charge < -0.3 is 0 Å². The zero-order valence-corrected chi connectivity index (χ0v) is 18.4. The Hall–Kier alpha value is -2.98. The fourth-order valence-corrected chi connectivity index (χ4v) is 5.43. The molecule has 0 amide bonds. The summed E-state index contributed by atoms with van der Waals surface area (Å²) in [6.07, 6.45) is 8.98. The van der Waals surface area contributed by atoms with Crippen LogP contribution in [0.3, 0.4) is 0 Å². The third kappa shape index (κ3) is 4.54. The minimum absolute atomic E-state index is 0.381. The van der Waals surface area contributed by atoms with E-state index >= 15 is 0 Å². The number of benzene rings is 3. The molecule has 1 aromatic heterocycles. The van der Waals surface area contributed by atoms with Gasteiger partial charge in [-0.2, -0.15) is 0 Å². The van der Waals surface area contributed by atoms with Crippen molar-refractivity contribution in [3.8, 4) is 0 Å². The number of aryl methyl sites for hydroxylation is 1. The molecule has 1 aliphatic heterocycles. The third-order valence-corrected chi connectivity index (χ3v) is 7.02. The van der Waals surface area contributed by atoms with Gasteiger partial charge >= 0.3 is 0 Å². The van der Waals surface area contributed by atoms with E-state index in [1.54, 1.807) is 0 Å². The molecular formula is C27H28N3S+. The number of hydrogen-bond acceptors (Lipinski definition) is 2. The normalized spacial score (nSPS) is 18.4. The van der Waals surface area contributed by atoms with Crippen LogP contribution >= 0.6 is 11.8 Å². The Kier molecular flexibility index (Phi) is 6.08. The molecule has 3 aromatic carbocycles. The van der Waals surface area contributed by atoms with Crippen LogP contribution in [0.15, 0.2) is 115 Å². The van der Waals surface area contributed by atoms with Crippen LogP contribution in [0.4, 0.5) is 0 Å². The number of thioether (sulfide) groups is 1. The second-order valence-electron chi connectivity index (χ2n) is 8.00. The number of hydrogen-bond donors (Lipinski definition) is 0. The summed E-state index contributed by atoms with van der Waals surface area (Å²) in [6, 6.07) is 33.3. The topological polar surface area (TPSA) is 12.0 Å². The Bertz CT molecular complexity index is 1030. The molecule has 0 aliphatic carbocycles. The molecule has 0 saturated carbocycles. The molecule has 5 rings (SSSR count). The molecule has 0 spiro atoms. The zero-order chi connectivity index (χ0) is 20.9. The molecule has 3 nitrogen and oxygen atoms in total. The maximum Gasteiger partial charge on any atom is 0.267 e. The van der Waals surface area contributed by atoms with Crippen molar-refractivity contribution in [1.82, 2.24) is 4.68 Å². The maximum absolute atomic E-state index is 2.56. The van der Waals surface area contributed by atoms with Crippen molar-refractivity contribution in [2.24, 2.45) is 0 Å². The molecule has 1 saturated heterocycles. The van der Waals surface area contributed by atoms with E-state index in [-0.39, 0.29) is 0 Å². The molecule has 4 heteroatoms. The van der Waals surface area contributed by atoms with Gasteiger partial charge in [-0.3, -0.25) is 0 Å². The summed E-state index contributed by atoms with van der Waals surface area (Å²) in [4.78, 5) is 1.33. The van der Waals surface area contributed by atoms with Crippen molar-refractivity contribution < 1.29 is 4.57 Å². The summed E-state index contributed by atoms with van der Waals surface area (Å²) >= 11 is 1.91. The first-order valence-corrected chi connectivity index (χ1v) is 12.0. The van der Waals surface area contributed by atoms with Crippen LogP contribution in [0.1, 0.15) is 36.1 Å². The molecule has 0 bridgehead atoms. The highest BCUT2D eigenvalue weighted by molar-refractivity contribution is 7.99. The van der Waals surface area contributed by atoms with Gasteiger partial charge in [-0.15, -0.1) is 16.4 Å². The van der Waals surface area contributed by atoms with Crippen LogP contribution in [0.25, 0.3) is 0 Å². The van der Waals surface area contributed by atoms with Gasteiger partial charge in [0.1, 0.15) is 6.20 Å². The lowest BCUT2D eigenvalue weighted by Crippen LogP contribution is -2.38. The van der Waals surface area contributed by atoms with E-state index < -0.39 is 0 Å². The highest BCUT2D eigenvalue weighted by Crippen LogP contribution is 2.42. The average Bonchev–Trinajstić information content (AvgIpc) is 3.48. The van der Waals surface area contributed by atoms with Crippen molar-refractivity contribution in [2.45, 2.75) is 36.4 Å². The van der Waals surface area contributed by atoms with E-state index in [9.17, 15) is 0 Å². The van der Waals surface area contributed by atoms with Gasteiger partial charge in [0.2, 0.25) is 0 Å². The van der Waals surface area contributed by atoms with E-state index in [0.717, 1.165) is 25.1 Å². The monoisotopic (exact) mass is 426 g/mol. The standard InChI is InChI=1S/C27H28N3S/c1-4-10-23(11-5-1)26-16-17-27(24-12-6-2-7-13-24)30(26)29-19-18-28(22-29)20-21-31-25-14-8-3-9-15-25/h1-15,18-19,22,26-27H,16-17,20-21H2/q+1/t26-,27-/m0/s1. The largest absolute Gasteiger partial charge is 0.267 e. The van der Waals surface area contributed by atoms with Crippen LogP contribution in [0, 0.1) is 0 Å². The first-order chi connectivity index (χ1) is 15.4. The van der Waals surface area contributed by atoms with E-state index in [2.05, 4.69) is 124 Å². The van der Waals surface area contributed by atoms with Crippen molar-refractivity contribution in [1.29, 1.82) is 0 Å². The third-order valence-electron chi connectivity index (χ3n) is 6.03. The Morgan fingerprint density at radius 3 is 1.87 bits per heavy atom. The molecule has 0 radical (unpaired) electrons. The van der Waals surface area contributed by atoms with Crippen LogP contribution in [-0.2, 0) is 6.54 Å². The first kappa shape index (κ1) is 20.0. The molecule has 2 heterocycles. The SMILES string of the molecule is c1ccc(SCC[n+]2ccn(N3[C@H](c4ccccc4)CC[C@H]3c3ccccc3)c2)cc1. The number of rotatable bonds is 7. The second-order valence-corrected chi connectivity index (χ2v) is 9.17. The molecule has 4 aromatic rings. The van der Waals surface area contributed by atoms with Crippen LogP contribution in [0.2, 0.25) is 0 Å². The van der Waals surface area contributed by atoms with Gasteiger partial charge in [0.05, 0.1) is 18.6 Å². The van der Waals surface area contributed by atoms with E-state index in [1.165, 1.54) is 16.0 Å². The molecule has 1 aliphatic rings.